The lowest BCUT2D eigenvalue weighted by atomic mass is 10.1. The molecule has 0 bridgehead atoms. The number of nitrogens with zero attached hydrogens (tertiary/aromatic N) is 3. The minimum absolute atomic E-state index is 0.121. The molecule has 1 saturated heterocycles. The minimum Gasteiger partial charge on any atom is -0.335 e. The Balaban J connectivity index is 1.81. The molecule has 1 aliphatic rings. The molecule has 156 valence electrons. The average Bonchev–Trinajstić information content (AvgIpc) is 2.73. The third-order valence-corrected chi connectivity index (χ3v) is 7.33. The van der Waals surface area contributed by atoms with Crippen molar-refractivity contribution < 1.29 is 17.6 Å². The van der Waals surface area contributed by atoms with Gasteiger partial charge in [0.25, 0.3) is 5.91 Å². The van der Waals surface area contributed by atoms with Crippen LogP contribution in [-0.4, -0.2) is 68.7 Å². The van der Waals surface area contributed by atoms with Gasteiger partial charge in [-0.3, -0.25) is 4.79 Å². The molecule has 1 amide bonds. The number of benzene rings is 2. The first kappa shape index (κ1) is 21.4. The van der Waals surface area contributed by atoms with Crippen LogP contribution >= 0.6 is 0 Å². The van der Waals surface area contributed by atoms with Gasteiger partial charge in [0.1, 0.15) is 5.82 Å². The summed E-state index contributed by atoms with van der Waals surface area (Å²) in [6.45, 7) is 4.05. The molecule has 0 N–H and O–H groups in total. The van der Waals surface area contributed by atoms with E-state index in [9.17, 15) is 17.6 Å². The van der Waals surface area contributed by atoms with Crippen molar-refractivity contribution in [3.63, 3.8) is 0 Å². The van der Waals surface area contributed by atoms with Crippen molar-refractivity contribution in [2.24, 2.45) is 0 Å². The first-order valence-electron chi connectivity index (χ1n) is 9.51. The summed E-state index contributed by atoms with van der Waals surface area (Å²) in [5.41, 5.74) is 1.10. The fourth-order valence-electron chi connectivity index (χ4n) is 3.31. The monoisotopic (exact) mass is 419 g/mol. The van der Waals surface area contributed by atoms with E-state index in [1.54, 1.807) is 31.3 Å². The van der Waals surface area contributed by atoms with Crippen LogP contribution in [0.5, 0.6) is 0 Å². The van der Waals surface area contributed by atoms with Gasteiger partial charge in [-0.25, -0.2) is 12.8 Å². The number of amides is 1. The second-order valence-corrected chi connectivity index (χ2v) is 9.32. The smallest absolute Gasteiger partial charge is 0.254 e. The van der Waals surface area contributed by atoms with Crippen LogP contribution in [-0.2, 0) is 10.0 Å². The van der Waals surface area contributed by atoms with Crippen LogP contribution in [0, 0.1) is 5.82 Å². The normalized spacial score (nSPS) is 17.1. The van der Waals surface area contributed by atoms with E-state index in [2.05, 4.69) is 4.90 Å². The Morgan fingerprint density at radius 3 is 2.31 bits per heavy atom. The molecule has 1 fully saturated rings. The Morgan fingerprint density at radius 1 is 1.07 bits per heavy atom. The zero-order valence-electron chi connectivity index (χ0n) is 16.9. The molecule has 2 aromatic rings. The number of likely N-dealkylation sites (N-methyl/N-ethyl adjacent to an activating group) is 1. The second-order valence-electron chi connectivity index (χ2n) is 7.38. The van der Waals surface area contributed by atoms with Crippen LogP contribution in [0.3, 0.4) is 0 Å². The van der Waals surface area contributed by atoms with Gasteiger partial charge in [-0.15, -0.1) is 0 Å². The van der Waals surface area contributed by atoms with E-state index >= 15 is 0 Å². The van der Waals surface area contributed by atoms with E-state index in [0.29, 0.717) is 31.7 Å². The molecule has 3 rings (SSSR count). The maximum Gasteiger partial charge on any atom is 0.254 e. The van der Waals surface area contributed by atoms with E-state index in [-0.39, 0.29) is 22.7 Å². The molecule has 1 aliphatic heterocycles. The predicted molar refractivity (Wildman–Crippen MR) is 110 cm³/mol. The summed E-state index contributed by atoms with van der Waals surface area (Å²) in [7, 11) is -0.0396. The number of sulfonamides is 1. The zero-order valence-corrected chi connectivity index (χ0v) is 17.7. The summed E-state index contributed by atoms with van der Waals surface area (Å²) in [5.74, 6) is -0.631. The predicted octanol–water partition coefficient (Wildman–Crippen LogP) is 2.60. The highest BCUT2D eigenvalue weighted by atomic mass is 32.2. The van der Waals surface area contributed by atoms with Crippen molar-refractivity contribution in [3.8, 4) is 0 Å². The Hall–Kier alpha value is -2.29. The quantitative estimate of drug-likeness (QED) is 0.748. The number of rotatable bonds is 5. The number of hydrogen-bond acceptors (Lipinski definition) is 4. The molecular formula is C21H26FN3O3S. The van der Waals surface area contributed by atoms with Crippen LogP contribution in [0.2, 0.25) is 0 Å². The summed E-state index contributed by atoms with van der Waals surface area (Å²) in [6.07, 6.45) is 0. The SMILES string of the molecule is CC(c1ccc(F)cc1)N(C)C(=O)c1cccc(S(=O)(=O)N2CCN(C)CC2)c1. The van der Waals surface area contributed by atoms with E-state index in [4.69, 9.17) is 0 Å². The number of piperazine rings is 1. The summed E-state index contributed by atoms with van der Waals surface area (Å²) < 4.78 is 40.6. The largest absolute Gasteiger partial charge is 0.335 e. The van der Waals surface area contributed by atoms with Crippen LogP contribution in [0.1, 0.15) is 28.9 Å². The first-order valence-corrected chi connectivity index (χ1v) is 11.0. The third kappa shape index (κ3) is 4.66. The molecule has 0 spiro atoms. The van der Waals surface area contributed by atoms with Crippen LogP contribution in [0.15, 0.2) is 53.4 Å². The highest BCUT2D eigenvalue weighted by Gasteiger charge is 2.28. The molecule has 1 heterocycles. The molecule has 6 nitrogen and oxygen atoms in total. The molecule has 0 aromatic heterocycles. The summed E-state index contributed by atoms with van der Waals surface area (Å²) in [5, 5.41) is 0. The van der Waals surface area contributed by atoms with Gasteiger partial charge in [0.05, 0.1) is 10.9 Å². The summed E-state index contributed by atoms with van der Waals surface area (Å²) in [6, 6.07) is 11.8. The molecule has 1 atom stereocenters. The van der Waals surface area contributed by atoms with E-state index in [1.807, 2.05) is 14.0 Å². The van der Waals surface area contributed by atoms with Crippen LogP contribution in [0.4, 0.5) is 4.39 Å². The molecular weight excluding hydrogens is 393 g/mol. The van der Waals surface area contributed by atoms with Gasteiger partial charge in [0.15, 0.2) is 0 Å². The second kappa shape index (κ2) is 8.61. The highest BCUT2D eigenvalue weighted by molar-refractivity contribution is 7.89. The standard InChI is InChI=1S/C21H26FN3O3S/c1-16(17-7-9-19(22)10-8-17)24(3)21(26)18-5-4-6-20(15-18)29(27,28)25-13-11-23(2)12-14-25/h4-10,15-16H,11-14H2,1-3H3. The lowest BCUT2D eigenvalue weighted by molar-refractivity contribution is 0.0742. The average molecular weight is 420 g/mol. The van der Waals surface area contributed by atoms with Crippen molar-refractivity contribution in [2.75, 3.05) is 40.3 Å². The lowest BCUT2D eigenvalue weighted by Gasteiger charge is -2.31. The summed E-state index contributed by atoms with van der Waals surface area (Å²) >= 11 is 0. The highest BCUT2D eigenvalue weighted by Crippen LogP contribution is 2.23. The van der Waals surface area contributed by atoms with Gasteiger partial charge >= 0.3 is 0 Å². The van der Waals surface area contributed by atoms with Crippen molar-refractivity contribution in [1.82, 2.24) is 14.1 Å². The molecule has 0 saturated carbocycles. The van der Waals surface area contributed by atoms with Gasteiger partial charge in [-0.1, -0.05) is 18.2 Å². The molecule has 29 heavy (non-hydrogen) atoms. The maximum atomic E-state index is 13.2. The number of carbonyl (C=O) groups is 1. The van der Waals surface area contributed by atoms with Gasteiger partial charge in [-0.05, 0) is 49.9 Å². The van der Waals surface area contributed by atoms with E-state index in [0.717, 1.165) is 5.56 Å². The van der Waals surface area contributed by atoms with Crippen molar-refractivity contribution in [1.29, 1.82) is 0 Å². The Kier molecular flexibility index (Phi) is 6.36. The Morgan fingerprint density at radius 2 is 1.69 bits per heavy atom. The number of carbonyl (C=O) groups excluding carboxylic acids is 1. The van der Waals surface area contributed by atoms with Crippen LogP contribution in [0.25, 0.3) is 0 Å². The topological polar surface area (TPSA) is 60.9 Å². The van der Waals surface area contributed by atoms with Gasteiger partial charge in [-0.2, -0.15) is 4.31 Å². The third-order valence-electron chi connectivity index (χ3n) is 5.43. The van der Waals surface area contributed by atoms with Gasteiger partial charge in [0, 0.05) is 38.8 Å². The Bertz CT molecular complexity index is 971. The minimum atomic E-state index is -3.65. The number of halogens is 1. The van der Waals surface area contributed by atoms with E-state index < -0.39 is 10.0 Å². The number of hydrogen-bond donors (Lipinski definition) is 0. The summed E-state index contributed by atoms with van der Waals surface area (Å²) in [4.78, 5) is 16.7. The van der Waals surface area contributed by atoms with Crippen molar-refractivity contribution in [3.05, 3.63) is 65.5 Å². The van der Waals surface area contributed by atoms with Crippen molar-refractivity contribution in [2.45, 2.75) is 17.9 Å². The fourth-order valence-corrected chi connectivity index (χ4v) is 4.78. The molecule has 2 aromatic carbocycles. The molecule has 0 radical (unpaired) electrons. The maximum absolute atomic E-state index is 13.2. The zero-order chi connectivity index (χ0) is 21.2. The molecule has 8 heteroatoms. The Labute approximate surface area is 171 Å². The fraction of sp³-hybridized carbons (Fsp3) is 0.381. The molecule has 0 aliphatic carbocycles. The van der Waals surface area contributed by atoms with Crippen molar-refractivity contribution >= 4 is 15.9 Å². The first-order chi connectivity index (χ1) is 13.7. The van der Waals surface area contributed by atoms with Gasteiger partial charge < -0.3 is 9.80 Å². The molecule has 1 unspecified atom stereocenters. The van der Waals surface area contributed by atoms with Crippen LogP contribution < -0.4 is 0 Å². The van der Waals surface area contributed by atoms with Gasteiger partial charge in [0.2, 0.25) is 10.0 Å². The van der Waals surface area contributed by atoms with E-state index in [1.165, 1.54) is 33.5 Å². The lowest BCUT2D eigenvalue weighted by Crippen LogP contribution is -2.47.